The highest BCUT2D eigenvalue weighted by atomic mass is 16.6. The molecule has 7 heteroatoms. The largest absolute Gasteiger partial charge is 0.478 e. The molecule has 0 bridgehead atoms. The average molecular weight is 223 g/mol. The number of nitro groups is 1. The van der Waals surface area contributed by atoms with E-state index in [-0.39, 0.29) is 17.1 Å². The molecule has 0 fully saturated rings. The summed E-state index contributed by atoms with van der Waals surface area (Å²) in [7, 11) is 0. The van der Waals surface area contributed by atoms with Gasteiger partial charge in [0.05, 0.1) is 4.92 Å². The monoisotopic (exact) mass is 223 g/mol. The molecule has 0 saturated carbocycles. The van der Waals surface area contributed by atoms with E-state index in [0.29, 0.717) is 5.56 Å². The van der Waals surface area contributed by atoms with Crippen molar-refractivity contribution < 1.29 is 14.8 Å². The minimum atomic E-state index is -1.14. The number of rotatable bonds is 3. The van der Waals surface area contributed by atoms with Crippen molar-refractivity contribution in [2.24, 2.45) is 0 Å². The van der Waals surface area contributed by atoms with Crippen LogP contribution >= 0.6 is 0 Å². The summed E-state index contributed by atoms with van der Waals surface area (Å²) in [6, 6.07) is 0. The van der Waals surface area contributed by atoms with Crippen LogP contribution in [0, 0.1) is 17.0 Å². The van der Waals surface area contributed by atoms with Crippen molar-refractivity contribution in [2.75, 3.05) is 5.73 Å². The zero-order valence-corrected chi connectivity index (χ0v) is 8.38. The number of hydrogen-bond donors (Lipinski definition) is 2. The van der Waals surface area contributed by atoms with Gasteiger partial charge in [-0.1, -0.05) is 0 Å². The molecule has 1 rings (SSSR count). The fourth-order valence-corrected chi connectivity index (χ4v) is 1.19. The standard InChI is InChI=1S/C9H9N3O4/c1-5-6(2-3-7(13)14)4-11-9(10)8(5)12(15)16/h2-4H,1H3,(H2,10,11)(H,13,14). The van der Waals surface area contributed by atoms with Crippen LogP contribution < -0.4 is 5.73 Å². The molecule has 0 spiro atoms. The topological polar surface area (TPSA) is 119 Å². The van der Waals surface area contributed by atoms with Gasteiger partial charge in [-0.2, -0.15) is 0 Å². The van der Waals surface area contributed by atoms with E-state index in [1.807, 2.05) is 0 Å². The van der Waals surface area contributed by atoms with Crippen molar-refractivity contribution in [3.63, 3.8) is 0 Å². The molecule has 0 aliphatic rings. The number of carboxylic acids is 1. The zero-order chi connectivity index (χ0) is 12.3. The van der Waals surface area contributed by atoms with Crippen LogP contribution in [0.5, 0.6) is 0 Å². The summed E-state index contributed by atoms with van der Waals surface area (Å²) in [5.41, 5.74) is 5.69. The molecule has 0 atom stereocenters. The number of anilines is 1. The normalized spacial score (nSPS) is 10.6. The lowest BCUT2D eigenvalue weighted by Gasteiger charge is -2.03. The Morgan fingerprint density at radius 3 is 2.81 bits per heavy atom. The van der Waals surface area contributed by atoms with Gasteiger partial charge in [-0.3, -0.25) is 10.1 Å². The SMILES string of the molecule is Cc1c(C=CC(=O)O)cnc(N)c1[N+](=O)[O-]. The van der Waals surface area contributed by atoms with Crippen molar-refractivity contribution in [2.45, 2.75) is 6.92 Å². The molecular weight excluding hydrogens is 214 g/mol. The van der Waals surface area contributed by atoms with E-state index in [1.165, 1.54) is 19.2 Å². The fraction of sp³-hybridized carbons (Fsp3) is 0.111. The van der Waals surface area contributed by atoms with E-state index in [4.69, 9.17) is 10.8 Å². The maximum atomic E-state index is 10.7. The van der Waals surface area contributed by atoms with Crippen molar-refractivity contribution in [3.8, 4) is 0 Å². The van der Waals surface area contributed by atoms with E-state index in [2.05, 4.69) is 4.98 Å². The quantitative estimate of drug-likeness (QED) is 0.447. The van der Waals surface area contributed by atoms with Crippen LogP contribution in [0.1, 0.15) is 11.1 Å². The Morgan fingerprint density at radius 2 is 2.31 bits per heavy atom. The Hall–Kier alpha value is -2.44. The highest BCUT2D eigenvalue weighted by Crippen LogP contribution is 2.26. The average Bonchev–Trinajstić information content (AvgIpc) is 2.15. The van der Waals surface area contributed by atoms with Crippen molar-refractivity contribution in [3.05, 3.63) is 33.5 Å². The number of aromatic nitrogens is 1. The Balaban J connectivity index is 3.29. The Kier molecular flexibility index (Phi) is 3.19. The summed E-state index contributed by atoms with van der Waals surface area (Å²) in [5.74, 6) is -1.33. The molecule has 0 amide bonds. The summed E-state index contributed by atoms with van der Waals surface area (Å²) in [6.45, 7) is 1.48. The minimum Gasteiger partial charge on any atom is -0.478 e. The number of nitrogen functional groups attached to an aromatic ring is 1. The summed E-state index contributed by atoms with van der Waals surface area (Å²) in [5, 5.41) is 19.1. The lowest BCUT2D eigenvalue weighted by Crippen LogP contribution is -2.02. The first kappa shape index (κ1) is 11.6. The maximum absolute atomic E-state index is 10.7. The molecule has 0 aromatic carbocycles. The van der Waals surface area contributed by atoms with Gasteiger partial charge in [0.15, 0.2) is 0 Å². The molecule has 1 aromatic rings. The fourth-order valence-electron chi connectivity index (χ4n) is 1.19. The first-order valence-corrected chi connectivity index (χ1v) is 4.24. The van der Waals surface area contributed by atoms with Crippen molar-refractivity contribution in [1.82, 2.24) is 4.98 Å². The predicted octanol–water partition coefficient (Wildman–Crippen LogP) is 0.978. The molecule has 0 radical (unpaired) electrons. The first-order valence-electron chi connectivity index (χ1n) is 4.24. The molecule has 0 aliphatic heterocycles. The van der Waals surface area contributed by atoms with Gasteiger partial charge in [-0.25, -0.2) is 9.78 Å². The van der Waals surface area contributed by atoms with Crippen LogP contribution in [0.4, 0.5) is 11.5 Å². The third-order valence-corrected chi connectivity index (χ3v) is 1.96. The van der Waals surface area contributed by atoms with Gasteiger partial charge in [-0.05, 0) is 13.0 Å². The molecule has 0 aliphatic carbocycles. The van der Waals surface area contributed by atoms with Crippen molar-refractivity contribution >= 4 is 23.6 Å². The van der Waals surface area contributed by atoms with Gasteiger partial charge in [0.1, 0.15) is 0 Å². The van der Waals surface area contributed by atoms with Crippen LogP contribution in [0.15, 0.2) is 12.3 Å². The van der Waals surface area contributed by atoms with Gasteiger partial charge < -0.3 is 10.8 Å². The number of nitrogens with two attached hydrogens (primary N) is 1. The summed E-state index contributed by atoms with van der Waals surface area (Å²) in [4.78, 5) is 24.0. The lowest BCUT2D eigenvalue weighted by molar-refractivity contribution is -0.384. The maximum Gasteiger partial charge on any atom is 0.328 e. The van der Waals surface area contributed by atoms with Gasteiger partial charge in [-0.15, -0.1) is 0 Å². The van der Waals surface area contributed by atoms with Crippen LogP contribution in [-0.2, 0) is 4.79 Å². The van der Waals surface area contributed by atoms with Crippen LogP contribution in [0.3, 0.4) is 0 Å². The predicted molar refractivity (Wildman–Crippen MR) is 56.7 cm³/mol. The van der Waals surface area contributed by atoms with Gasteiger partial charge in [0.25, 0.3) is 0 Å². The number of carbonyl (C=O) groups is 1. The Bertz CT molecular complexity index is 482. The molecule has 1 heterocycles. The molecule has 3 N–H and O–H groups in total. The number of hydrogen-bond acceptors (Lipinski definition) is 5. The first-order chi connectivity index (χ1) is 7.43. The molecule has 7 nitrogen and oxygen atoms in total. The third kappa shape index (κ3) is 2.32. The van der Waals surface area contributed by atoms with Gasteiger partial charge in [0, 0.05) is 23.4 Å². The van der Waals surface area contributed by atoms with E-state index >= 15 is 0 Å². The molecule has 84 valence electrons. The molecule has 1 aromatic heterocycles. The van der Waals surface area contributed by atoms with E-state index in [9.17, 15) is 14.9 Å². The van der Waals surface area contributed by atoms with E-state index in [0.717, 1.165) is 6.08 Å². The van der Waals surface area contributed by atoms with Crippen molar-refractivity contribution in [1.29, 1.82) is 0 Å². The second kappa shape index (κ2) is 4.39. The van der Waals surface area contributed by atoms with Crippen LogP contribution in [0.2, 0.25) is 0 Å². The molecule has 0 unspecified atom stereocenters. The number of aliphatic carboxylic acids is 1. The molecule has 0 saturated heterocycles. The lowest BCUT2D eigenvalue weighted by atomic mass is 10.1. The minimum absolute atomic E-state index is 0.185. The highest BCUT2D eigenvalue weighted by molar-refractivity contribution is 5.86. The second-order valence-electron chi connectivity index (χ2n) is 3.00. The Morgan fingerprint density at radius 1 is 1.69 bits per heavy atom. The van der Waals surface area contributed by atoms with Gasteiger partial charge >= 0.3 is 11.7 Å². The smallest absolute Gasteiger partial charge is 0.328 e. The second-order valence-corrected chi connectivity index (χ2v) is 3.00. The van der Waals surface area contributed by atoms with Gasteiger partial charge in [0.2, 0.25) is 5.82 Å². The highest BCUT2D eigenvalue weighted by Gasteiger charge is 2.18. The Labute approximate surface area is 90.4 Å². The van der Waals surface area contributed by atoms with Crippen LogP contribution in [-0.4, -0.2) is 21.0 Å². The number of pyridine rings is 1. The van der Waals surface area contributed by atoms with E-state index < -0.39 is 10.9 Å². The summed E-state index contributed by atoms with van der Waals surface area (Å²) in [6.07, 6.45) is 3.40. The molecule has 16 heavy (non-hydrogen) atoms. The summed E-state index contributed by atoms with van der Waals surface area (Å²) >= 11 is 0. The third-order valence-electron chi connectivity index (χ3n) is 1.96. The molecular formula is C9H9N3O4. The number of carboxylic acid groups (broad SMARTS) is 1. The summed E-state index contributed by atoms with van der Waals surface area (Å²) < 4.78 is 0. The van der Waals surface area contributed by atoms with E-state index in [1.54, 1.807) is 0 Å². The zero-order valence-electron chi connectivity index (χ0n) is 8.38. The van der Waals surface area contributed by atoms with Crippen LogP contribution in [0.25, 0.3) is 6.08 Å². The number of nitrogens with zero attached hydrogens (tertiary/aromatic N) is 2.